The van der Waals surface area contributed by atoms with Gasteiger partial charge in [-0.05, 0) is 6.26 Å². The number of anilines is 1. The molecule has 0 spiro atoms. The smallest absolute Gasteiger partial charge is 0.280 e. The molecule has 1 saturated heterocycles. The Hall–Kier alpha value is -1.66. The van der Waals surface area contributed by atoms with E-state index in [2.05, 4.69) is 15.0 Å². The van der Waals surface area contributed by atoms with Gasteiger partial charge in [-0.1, -0.05) is 0 Å². The van der Waals surface area contributed by atoms with Gasteiger partial charge in [-0.25, -0.2) is 4.98 Å². The molecule has 11 heteroatoms. The molecule has 1 aliphatic rings. The van der Waals surface area contributed by atoms with E-state index in [0.29, 0.717) is 5.94 Å². The van der Waals surface area contributed by atoms with Gasteiger partial charge in [0.2, 0.25) is 5.95 Å². The summed E-state index contributed by atoms with van der Waals surface area (Å²) in [4.78, 5) is 22.3. The van der Waals surface area contributed by atoms with Crippen LogP contribution in [0.5, 0.6) is 0 Å². The minimum Gasteiger partial charge on any atom is -0.394 e. The van der Waals surface area contributed by atoms with Crippen molar-refractivity contribution in [2.75, 3.05) is 24.5 Å². The highest BCUT2D eigenvalue weighted by molar-refractivity contribution is 7.98. The lowest BCUT2D eigenvalue weighted by Gasteiger charge is -2.21. The monoisotopic (exact) mass is 343 g/mol. The number of rotatable bonds is 5. The van der Waals surface area contributed by atoms with Crippen LogP contribution in [0.15, 0.2) is 11.1 Å². The zero-order valence-electron chi connectivity index (χ0n) is 12.2. The van der Waals surface area contributed by atoms with E-state index in [4.69, 9.17) is 15.2 Å². The fourth-order valence-corrected chi connectivity index (χ4v) is 2.84. The Morgan fingerprint density at radius 1 is 1.61 bits per heavy atom. The Labute approximate surface area is 134 Å². The first-order chi connectivity index (χ1) is 11.1. The van der Waals surface area contributed by atoms with E-state index in [1.807, 2.05) is 6.26 Å². The molecule has 23 heavy (non-hydrogen) atoms. The van der Waals surface area contributed by atoms with E-state index in [0.717, 1.165) is 0 Å². The number of aliphatic hydroxyl groups excluding tert-OH is 2. The fraction of sp³-hybridized carbons (Fsp3) is 0.583. The lowest BCUT2D eigenvalue weighted by molar-refractivity contribution is -0.0607. The molecule has 0 aromatic carbocycles. The molecule has 4 unspecified atom stereocenters. The number of imidazole rings is 1. The normalized spacial score (nSPS) is 27.8. The molecule has 0 saturated carbocycles. The summed E-state index contributed by atoms with van der Waals surface area (Å²) in [6, 6.07) is 0. The predicted molar refractivity (Wildman–Crippen MR) is 82.8 cm³/mol. The van der Waals surface area contributed by atoms with Crippen molar-refractivity contribution in [3.8, 4) is 0 Å². The molecule has 5 N–H and O–H groups in total. The van der Waals surface area contributed by atoms with Crippen molar-refractivity contribution in [3.05, 3.63) is 16.7 Å². The third-order valence-electron chi connectivity index (χ3n) is 3.60. The van der Waals surface area contributed by atoms with Crippen LogP contribution in [0, 0.1) is 0 Å². The van der Waals surface area contributed by atoms with Crippen LogP contribution in [-0.2, 0) is 9.47 Å². The van der Waals surface area contributed by atoms with Crippen molar-refractivity contribution in [2.24, 2.45) is 0 Å². The number of nitrogens with two attached hydrogens (primary N) is 1. The number of hydrogen-bond acceptors (Lipinski definition) is 9. The lowest BCUT2D eigenvalue weighted by atomic mass is 10.1. The van der Waals surface area contributed by atoms with E-state index in [9.17, 15) is 15.0 Å². The van der Waals surface area contributed by atoms with Crippen molar-refractivity contribution in [1.82, 2.24) is 19.5 Å². The molecule has 126 valence electrons. The summed E-state index contributed by atoms with van der Waals surface area (Å²) in [6.07, 6.45) is -0.112. The summed E-state index contributed by atoms with van der Waals surface area (Å²) in [7, 11) is 0. The number of nitrogens with one attached hydrogen (secondary N) is 1. The number of ether oxygens (including phenoxy) is 2. The number of nitrogens with zero attached hydrogens (tertiary/aromatic N) is 3. The summed E-state index contributed by atoms with van der Waals surface area (Å²) in [5.41, 5.74) is 5.43. The second-order valence-corrected chi connectivity index (χ2v) is 5.86. The van der Waals surface area contributed by atoms with Crippen LogP contribution in [0.25, 0.3) is 11.2 Å². The third kappa shape index (κ3) is 2.81. The maximum absolute atomic E-state index is 11.8. The van der Waals surface area contributed by atoms with E-state index in [1.54, 1.807) is 0 Å². The Morgan fingerprint density at radius 2 is 2.39 bits per heavy atom. The summed E-state index contributed by atoms with van der Waals surface area (Å²) < 4.78 is 12.8. The van der Waals surface area contributed by atoms with Crippen LogP contribution in [0.1, 0.15) is 6.23 Å². The molecule has 1 fully saturated rings. The van der Waals surface area contributed by atoms with E-state index >= 15 is 0 Å². The summed E-state index contributed by atoms with van der Waals surface area (Å²) in [6.45, 7) is -0.362. The Morgan fingerprint density at radius 3 is 3.09 bits per heavy atom. The summed E-state index contributed by atoms with van der Waals surface area (Å²) >= 11 is 1.44. The van der Waals surface area contributed by atoms with Crippen LogP contribution < -0.4 is 11.3 Å². The molecule has 3 rings (SSSR count). The lowest BCUT2D eigenvalue weighted by Crippen LogP contribution is -2.35. The van der Waals surface area contributed by atoms with Gasteiger partial charge in [0.25, 0.3) is 5.56 Å². The second kappa shape index (κ2) is 6.45. The van der Waals surface area contributed by atoms with E-state index in [-0.39, 0.29) is 23.7 Å². The highest BCUT2D eigenvalue weighted by Gasteiger charge is 2.45. The van der Waals surface area contributed by atoms with E-state index < -0.39 is 30.1 Å². The first-order valence-electron chi connectivity index (χ1n) is 6.84. The largest absolute Gasteiger partial charge is 0.394 e. The first kappa shape index (κ1) is 16.2. The van der Waals surface area contributed by atoms with Crippen LogP contribution in [0.2, 0.25) is 0 Å². The van der Waals surface area contributed by atoms with E-state index in [1.165, 1.54) is 22.7 Å². The number of thioether (sulfide) groups is 1. The van der Waals surface area contributed by atoms with Gasteiger partial charge in [-0.3, -0.25) is 14.3 Å². The van der Waals surface area contributed by atoms with Gasteiger partial charge in [0.1, 0.15) is 18.3 Å². The van der Waals surface area contributed by atoms with Gasteiger partial charge >= 0.3 is 0 Å². The molecule has 3 heterocycles. The van der Waals surface area contributed by atoms with Gasteiger partial charge < -0.3 is 25.4 Å². The van der Waals surface area contributed by atoms with Gasteiger partial charge in [0.05, 0.1) is 18.9 Å². The molecule has 0 bridgehead atoms. The molecule has 0 radical (unpaired) electrons. The molecule has 10 nitrogen and oxygen atoms in total. The van der Waals surface area contributed by atoms with Gasteiger partial charge in [-0.15, -0.1) is 11.8 Å². The number of aromatic nitrogens is 4. The average Bonchev–Trinajstić information content (AvgIpc) is 3.06. The Balaban J connectivity index is 2.03. The van der Waals surface area contributed by atoms with Gasteiger partial charge in [0, 0.05) is 0 Å². The second-order valence-electron chi connectivity index (χ2n) is 5.05. The molecule has 2 aromatic rings. The third-order valence-corrected chi connectivity index (χ3v) is 3.97. The molecular formula is C12H17N5O5S. The van der Waals surface area contributed by atoms with Crippen LogP contribution in [-0.4, -0.2) is 66.8 Å². The average molecular weight is 343 g/mol. The zero-order chi connectivity index (χ0) is 16.6. The number of aliphatic hydroxyl groups is 2. The highest BCUT2D eigenvalue weighted by Crippen LogP contribution is 2.33. The first-order valence-corrected chi connectivity index (χ1v) is 8.23. The minimum absolute atomic E-state index is 0.0527. The number of nitrogen functional groups attached to an aromatic ring is 1. The Bertz CT molecular complexity index is 749. The molecule has 2 aromatic heterocycles. The van der Waals surface area contributed by atoms with Crippen LogP contribution in [0.3, 0.4) is 0 Å². The topological polar surface area (TPSA) is 149 Å². The van der Waals surface area contributed by atoms with Crippen LogP contribution in [0.4, 0.5) is 5.95 Å². The zero-order valence-corrected chi connectivity index (χ0v) is 13.1. The maximum Gasteiger partial charge on any atom is 0.280 e. The molecular weight excluding hydrogens is 326 g/mol. The van der Waals surface area contributed by atoms with Gasteiger partial charge in [-0.2, -0.15) is 4.98 Å². The maximum atomic E-state index is 11.8. The van der Waals surface area contributed by atoms with Crippen molar-refractivity contribution in [1.29, 1.82) is 0 Å². The van der Waals surface area contributed by atoms with Crippen molar-refractivity contribution in [3.63, 3.8) is 0 Å². The fourth-order valence-electron chi connectivity index (χ4n) is 2.55. The van der Waals surface area contributed by atoms with Crippen LogP contribution >= 0.6 is 11.8 Å². The van der Waals surface area contributed by atoms with Crippen molar-refractivity contribution < 1.29 is 19.7 Å². The number of H-pyrrole nitrogens is 1. The summed E-state index contributed by atoms with van der Waals surface area (Å²) in [5, 5.41) is 19.6. The predicted octanol–water partition coefficient (Wildman–Crippen LogP) is -1.34. The molecule has 0 amide bonds. The number of aromatic amines is 1. The molecule has 1 aliphatic heterocycles. The van der Waals surface area contributed by atoms with Gasteiger partial charge in [0.15, 0.2) is 17.4 Å². The number of hydrogen-bond donors (Lipinski definition) is 4. The molecule has 4 atom stereocenters. The summed E-state index contributed by atoms with van der Waals surface area (Å²) in [5.74, 6) is 0.283. The van der Waals surface area contributed by atoms with Crippen molar-refractivity contribution in [2.45, 2.75) is 24.5 Å². The Kier molecular flexibility index (Phi) is 4.55. The molecule has 0 aliphatic carbocycles. The highest BCUT2D eigenvalue weighted by atomic mass is 32.2. The van der Waals surface area contributed by atoms with Crippen molar-refractivity contribution >= 4 is 28.9 Å². The minimum atomic E-state index is -1.02. The SMILES string of the molecule is CSCOC1C(O)C(CO)OC1n1cnc2c(=O)[nH]c(N)nc21. The number of fused-ring (bicyclic) bond motifs is 1. The quantitative estimate of drug-likeness (QED) is 0.484. The standard InChI is InChI=1S/C12H17N5O5S/c1-23-4-21-8-7(19)5(2-18)22-11(8)17-3-14-6-9(17)15-12(13)16-10(6)20/h3,5,7-8,11,18-19H,2,4H2,1H3,(H3,13,15,16,20).